The van der Waals surface area contributed by atoms with E-state index in [2.05, 4.69) is 11.9 Å². The molecular weight excluding hydrogens is 332 g/mol. The molecule has 2 aromatic carbocycles. The van der Waals surface area contributed by atoms with Gasteiger partial charge in [0.25, 0.3) is 5.91 Å². The van der Waals surface area contributed by atoms with Crippen LogP contribution in [0.1, 0.15) is 21.5 Å². The average Bonchev–Trinajstić information content (AvgIpc) is 2.88. The van der Waals surface area contributed by atoms with Crippen molar-refractivity contribution in [2.24, 2.45) is 0 Å². The molecule has 26 heavy (non-hydrogen) atoms. The molecular formula is C20H20N2O4. The molecule has 1 aliphatic rings. The van der Waals surface area contributed by atoms with Gasteiger partial charge in [0.05, 0.1) is 14.2 Å². The van der Waals surface area contributed by atoms with Crippen LogP contribution in [-0.4, -0.2) is 37.5 Å². The van der Waals surface area contributed by atoms with Crippen LogP contribution in [0.2, 0.25) is 0 Å². The number of aryl methyl sites for hydroxylation is 1. The molecule has 0 fully saturated rings. The highest BCUT2D eigenvalue weighted by molar-refractivity contribution is 6.11. The third kappa shape index (κ3) is 3.01. The SMILES string of the molecule is C=C1c2ccccc2C(=O)N1CC(=O)Nc1cc(OC)c(OC)cc1C. The first kappa shape index (κ1) is 17.5. The summed E-state index contributed by atoms with van der Waals surface area (Å²) in [6.45, 7) is 5.69. The summed E-state index contributed by atoms with van der Waals surface area (Å²) in [7, 11) is 3.08. The molecule has 0 atom stereocenters. The molecule has 0 bridgehead atoms. The fraction of sp³-hybridized carbons (Fsp3) is 0.200. The molecule has 1 heterocycles. The van der Waals surface area contributed by atoms with Gasteiger partial charge in [-0.3, -0.25) is 14.5 Å². The Morgan fingerprint density at radius 2 is 1.73 bits per heavy atom. The number of anilines is 1. The Hall–Kier alpha value is -3.28. The number of carbonyl (C=O) groups excluding carboxylic acids is 2. The summed E-state index contributed by atoms with van der Waals surface area (Å²) in [6, 6.07) is 10.7. The summed E-state index contributed by atoms with van der Waals surface area (Å²) >= 11 is 0. The summed E-state index contributed by atoms with van der Waals surface area (Å²) in [6.07, 6.45) is 0. The van der Waals surface area contributed by atoms with Crippen LogP contribution >= 0.6 is 0 Å². The van der Waals surface area contributed by atoms with Gasteiger partial charge in [0, 0.05) is 28.6 Å². The molecule has 0 unspecified atom stereocenters. The lowest BCUT2D eigenvalue weighted by Gasteiger charge is -2.18. The number of hydrogen-bond acceptors (Lipinski definition) is 4. The summed E-state index contributed by atoms with van der Waals surface area (Å²) in [5, 5.41) is 2.82. The second kappa shape index (κ2) is 6.92. The Morgan fingerprint density at radius 1 is 1.12 bits per heavy atom. The van der Waals surface area contributed by atoms with Crippen LogP contribution in [0.15, 0.2) is 43.0 Å². The lowest BCUT2D eigenvalue weighted by Crippen LogP contribution is -2.32. The average molecular weight is 352 g/mol. The highest BCUT2D eigenvalue weighted by Gasteiger charge is 2.31. The van der Waals surface area contributed by atoms with Crippen LogP contribution in [0, 0.1) is 6.92 Å². The van der Waals surface area contributed by atoms with Crippen molar-refractivity contribution in [1.82, 2.24) is 4.90 Å². The van der Waals surface area contributed by atoms with Crippen molar-refractivity contribution in [2.75, 3.05) is 26.1 Å². The van der Waals surface area contributed by atoms with Crippen molar-refractivity contribution in [3.63, 3.8) is 0 Å². The van der Waals surface area contributed by atoms with E-state index in [0.717, 1.165) is 11.1 Å². The quantitative estimate of drug-likeness (QED) is 0.898. The highest BCUT2D eigenvalue weighted by Crippen LogP contribution is 2.33. The van der Waals surface area contributed by atoms with Crippen molar-refractivity contribution in [3.05, 3.63) is 59.7 Å². The number of hydrogen-bond donors (Lipinski definition) is 1. The van der Waals surface area contributed by atoms with Gasteiger partial charge in [-0.1, -0.05) is 24.8 Å². The van der Waals surface area contributed by atoms with Crippen LogP contribution in [0.3, 0.4) is 0 Å². The number of rotatable bonds is 5. The van der Waals surface area contributed by atoms with E-state index in [1.807, 2.05) is 19.1 Å². The zero-order valence-corrected chi connectivity index (χ0v) is 15.0. The van der Waals surface area contributed by atoms with Crippen LogP contribution in [0.25, 0.3) is 5.70 Å². The molecule has 3 rings (SSSR count). The first-order chi connectivity index (χ1) is 12.5. The number of amides is 2. The minimum absolute atomic E-state index is 0.111. The molecule has 1 aliphatic heterocycles. The largest absolute Gasteiger partial charge is 0.493 e. The lowest BCUT2D eigenvalue weighted by molar-refractivity contribution is -0.116. The molecule has 1 N–H and O–H groups in total. The van der Waals surface area contributed by atoms with E-state index in [1.165, 1.54) is 12.0 Å². The second-order valence-electron chi connectivity index (χ2n) is 5.95. The number of carbonyl (C=O) groups is 2. The number of nitrogens with one attached hydrogen (secondary N) is 1. The number of methoxy groups -OCH3 is 2. The van der Waals surface area contributed by atoms with E-state index in [9.17, 15) is 9.59 Å². The van der Waals surface area contributed by atoms with Gasteiger partial charge >= 0.3 is 0 Å². The van der Waals surface area contributed by atoms with E-state index >= 15 is 0 Å². The Morgan fingerprint density at radius 3 is 2.35 bits per heavy atom. The smallest absolute Gasteiger partial charge is 0.259 e. The summed E-state index contributed by atoms with van der Waals surface area (Å²) < 4.78 is 10.5. The predicted octanol–water partition coefficient (Wildman–Crippen LogP) is 3.08. The minimum atomic E-state index is -0.317. The van der Waals surface area contributed by atoms with Crippen LogP contribution in [0.5, 0.6) is 11.5 Å². The van der Waals surface area contributed by atoms with Crippen LogP contribution < -0.4 is 14.8 Å². The van der Waals surface area contributed by atoms with Crippen molar-refractivity contribution < 1.29 is 19.1 Å². The lowest BCUT2D eigenvalue weighted by atomic mass is 10.1. The molecule has 6 heteroatoms. The van der Waals surface area contributed by atoms with Crippen molar-refractivity contribution in [3.8, 4) is 11.5 Å². The standard InChI is InChI=1S/C20H20N2O4/c1-12-9-17(25-3)18(26-4)10-16(12)21-19(23)11-22-13(2)14-7-5-6-8-15(14)20(22)24/h5-10H,2,11H2,1,3-4H3,(H,21,23). The zero-order chi connectivity index (χ0) is 18.8. The third-order valence-corrected chi connectivity index (χ3v) is 4.35. The Balaban J connectivity index is 1.76. The highest BCUT2D eigenvalue weighted by atomic mass is 16.5. The van der Waals surface area contributed by atoms with E-state index < -0.39 is 0 Å². The van der Waals surface area contributed by atoms with Crippen molar-refractivity contribution in [1.29, 1.82) is 0 Å². The second-order valence-corrected chi connectivity index (χ2v) is 5.95. The van der Waals surface area contributed by atoms with Gasteiger partial charge in [-0.2, -0.15) is 0 Å². The van der Waals surface area contributed by atoms with E-state index in [0.29, 0.717) is 28.4 Å². The molecule has 6 nitrogen and oxygen atoms in total. The van der Waals surface area contributed by atoms with E-state index in [4.69, 9.17) is 9.47 Å². The molecule has 0 saturated carbocycles. The van der Waals surface area contributed by atoms with Crippen molar-refractivity contribution in [2.45, 2.75) is 6.92 Å². The Labute approximate surface area is 152 Å². The molecule has 0 radical (unpaired) electrons. The molecule has 2 amide bonds. The van der Waals surface area contributed by atoms with Gasteiger partial charge in [0.15, 0.2) is 11.5 Å². The van der Waals surface area contributed by atoms with E-state index in [1.54, 1.807) is 31.4 Å². The first-order valence-corrected chi connectivity index (χ1v) is 8.09. The maximum atomic E-state index is 12.5. The predicted molar refractivity (Wildman–Crippen MR) is 99.4 cm³/mol. The van der Waals surface area contributed by atoms with Gasteiger partial charge in [-0.05, 0) is 24.6 Å². The Bertz CT molecular complexity index is 870. The maximum Gasteiger partial charge on any atom is 0.259 e. The van der Waals surface area contributed by atoms with Crippen LogP contribution in [-0.2, 0) is 4.79 Å². The topological polar surface area (TPSA) is 67.9 Å². The molecule has 0 aromatic heterocycles. The monoisotopic (exact) mass is 352 g/mol. The zero-order valence-electron chi connectivity index (χ0n) is 15.0. The molecule has 0 saturated heterocycles. The van der Waals surface area contributed by atoms with Gasteiger partial charge in [0.2, 0.25) is 5.91 Å². The Kier molecular flexibility index (Phi) is 4.67. The van der Waals surface area contributed by atoms with Gasteiger partial charge in [-0.25, -0.2) is 0 Å². The summed E-state index contributed by atoms with van der Waals surface area (Å²) in [5.74, 6) is 0.566. The summed E-state index contributed by atoms with van der Waals surface area (Å²) in [5.41, 5.74) is 3.28. The van der Waals surface area contributed by atoms with Gasteiger partial charge in [-0.15, -0.1) is 0 Å². The number of nitrogens with zero attached hydrogens (tertiary/aromatic N) is 1. The molecule has 134 valence electrons. The van der Waals surface area contributed by atoms with Crippen molar-refractivity contribution >= 4 is 23.2 Å². The summed E-state index contributed by atoms with van der Waals surface area (Å²) in [4.78, 5) is 26.4. The minimum Gasteiger partial charge on any atom is -0.493 e. The number of benzene rings is 2. The third-order valence-electron chi connectivity index (χ3n) is 4.35. The maximum absolute atomic E-state index is 12.5. The van der Waals surface area contributed by atoms with Crippen LogP contribution in [0.4, 0.5) is 5.69 Å². The van der Waals surface area contributed by atoms with Gasteiger partial charge in [0.1, 0.15) is 6.54 Å². The number of fused-ring (bicyclic) bond motifs is 1. The van der Waals surface area contributed by atoms with E-state index in [-0.39, 0.29) is 18.4 Å². The van der Waals surface area contributed by atoms with Gasteiger partial charge < -0.3 is 14.8 Å². The fourth-order valence-corrected chi connectivity index (χ4v) is 2.95. The normalized spacial score (nSPS) is 12.8. The molecule has 2 aromatic rings. The number of ether oxygens (including phenoxy) is 2. The fourth-order valence-electron chi connectivity index (χ4n) is 2.95. The molecule has 0 spiro atoms. The molecule has 0 aliphatic carbocycles. The first-order valence-electron chi connectivity index (χ1n) is 8.09.